The van der Waals surface area contributed by atoms with Crippen LogP contribution in [0.15, 0.2) is 45.8 Å². The number of thioether (sulfide) groups is 1. The van der Waals surface area contributed by atoms with E-state index < -0.39 is 0 Å². The molecule has 0 radical (unpaired) electrons. The summed E-state index contributed by atoms with van der Waals surface area (Å²) in [5.74, 6) is 0.372. The third-order valence-corrected chi connectivity index (χ3v) is 6.08. The Morgan fingerprint density at radius 3 is 2.54 bits per heavy atom. The average Bonchev–Trinajstić information content (AvgIpc) is 2.89. The molecule has 1 heterocycles. The van der Waals surface area contributed by atoms with Crippen molar-refractivity contribution in [1.29, 1.82) is 0 Å². The standard InChI is InChI=1S/C20H16BrCl2NO3S/c1-11(2)24-19(25)18(28-20(24)26)8-12-3-6-17(15(21)7-12)27-10-13-4-5-14(22)9-16(13)23/h3-9,11H,10H2,1-2H3/b18-8+. The maximum absolute atomic E-state index is 12.4. The van der Waals surface area contributed by atoms with Crippen LogP contribution in [0.3, 0.4) is 0 Å². The van der Waals surface area contributed by atoms with E-state index >= 15 is 0 Å². The molecule has 3 rings (SSSR count). The summed E-state index contributed by atoms with van der Waals surface area (Å²) in [5, 5.41) is 0.868. The van der Waals surface area contributed by atoms with Crippen LogP contribution in [0.2, 0.25) is 10.0 Å². The molecule has 1 fully saturated rings. The quantitative estimate of drug-likeness (QED) is 0.424. The molecule has 0 atom stereocenters. The molecule has 0 aliphatic carbocycles. The average molecular weight is 501 g/mol. The minimum Gasteiger partial charge on any atom is -0.488 e. The Balaban J connectivity index is 1.74. The van der Waals surface area contributed by atoms with Crippen molar-refractivity contribution in [2.45, 2.75) is 26.5 Å². The van der Waals surface area contributed by atoms with Crippen molar-refractivity contribution in [2.24, 2.45) is 0 Å². The largest absolute Gasteiger partial charge is 0.488 e. The van der Waals surface area contributed by atoms with Gasteiger partial charge in [0.25, 0.3) is 11.1 Å². The molecule has 2 amide bonds. The van der Waals surface area contributed by atoms with E-state index in [0.29, 0.717) is 27.3 Å². The summed E-state index contributed by atoms with van der Waals surface area (Å²) >= 11 is 16.5. The van der Waals surface area contributed by atoms with Gasteiger partial charge in [-0.15, -0.1) is 0 Å². The molecule has 0 aromatic heterocycles. The van der Waals surface area contributed by atoms with Gasteiger partial charge < -0.3 is 4.74 Å². The first-order chi connectivity index (χ1) is 13.3. The molecule has 28 heavy (non-hydrogen) atoms. The molecule has 1 aliphatic heterocycles. The summed E-state index contributed by atoms with van der Waals surface area (Å²) in [5.41, 5.74) is 1.61. The molecule has 1 saturated heterocycles. The number of ether oxygens (including phenoxy) is 1. The zero-order valence-corrected chi connectivity index (χ0v) is 19.0. The fraction of sp³-hybridized carbons (Fsp3) is 0.200. The van der Waals surface area contributed by atoms with Gasteiger partial charge in [-0.2, -0.15) is 0 Å². The Morgan fingerprint density at radius 1 is 1.18 bits per heavy atom. The molecule has 2 aromatic carbocycles. The van der Waals surface area contributed by atoms with Crippen LogP contribution < -0.4 is 4.74 Å². The molecule has 1 aliphatic rings. The Morgan fingerprint density at radius 2 is 1.93 bits per heavy atom. The molecule has 4 nitrogen and oxygen atoms in total. The minimum atomic E-state index is -0.265. The smallest absolute Gasteiger partial charge is 0.293 e. The number of rotatable bonds is 5. The van der Waals surface area contributed by atoms with Gasteiger partial charge in [-0.25, -0.2) is 0 Å². The van der Waals surface area contributed by atoms with Crippen molar-refractivity contribution >= 4 is 68.1 Å². The van der Waals surface area contributed by atoms with Crippen molar-refractivity contribution in [3.63, 3.8) is 0 Å². The number of imide groups is 1. The van der Waals surface area contributed by atoms with Gasteiger partial charge in [0.2, 0.25) is 0 Å². The summed E-state index contributed by atoms with van der Waals surface area (Å²) in [6.45, 7) is 3.92. The first-order valence-electron chi connectivity index (χ1n) is 8.39. The van der Waals surface area contributed by atoms with Crippen LogP contribution in [0.5, 0.6) is 5.75 Å². The molecule has 0 saturated carbocycles. The second kappa shape index (κ2) is 8.91. The third kappa shape index (κ3) is 4.74. The lowest BCUT2D eigenvalue weighted by Crippen LogP contribution is -2.34. The van der Waals surface area contributed by atoms with Crippen molar-refractivity contribution < 1.29 is 14.3 Å². The molecular weight excluding hydrogens is 485 g/mol. The number of amides is 2. The monoisotopic (exact) mass is 499 g/mol. The van der Waals surface area contributed by atoms with Crippen LogP contribution >= 0.6 is 50.9 Å². The molecule has 2 aromatic rings. The van der Waals surface area contributed by atoms with E-state index in [1.807, 2.05) is 32.0 Å². The Labute approximate surface area is 186 Å². The van der Waals surface area contributed by atoms with E-state index in [2.05, 4.69) is 15.9 Å². The highest BCUT2D eigenvalue weighted by Crippen LogP contribution is 2.35. The topological polar surface area (TPSA) is 46.6 Å². The Kier molecular flexibility index (Phi) is 6.76. The summed E-state index contributed by atoms with van der Waals surface area (Å²) < 4.78 is 6.56. The number of carbonyl (C=O) groups excluding carboxylic acids is 2. The van der Waals surface area contributed by atoms with Crippen LogP contribution in [0.25, 0.3) is 6.08 Å². The fourth-order valence-electron chi connectivity index (χ4n) is 2.59. The molecule has 146 valence electrons. The zero-order valence-electron chi connectivity index (χ0n) is 15.0. The first-order valence-corrected chi connectivity index (χ1v) is 10.8. The second-order valence-electron chi connectivity index (χ2n) is 6.36. The summed E-state index contributed by atoms with van der Waals surface area (Å²) in [4.78, 5) is 26.1. The normalized spacial score (nSPS) is 15.8. The van der Waals surface area contributed by atoms with Gasteiger partial charge in [-0.1, -0.05) is 35.3 Å². The van der Waals surface area contributed by atoms with Gasteiger partial charge in [-0.3, -0.25) is 14.5 Å². The van der Waals surface area contributed by atoms with Gasteiger partial charge in [0.15, 0.2) is 0 Å². The lowest BCUT2D eigenvalue weighted by Gasteiger charge is -2.16. The Bertz CT molecular complexity index is 978. The molecule has 0 bridgehead atoms. The van der Waals surface area contributed by atoms with E-state index in [1.165, 1.54) is 4.90 Å². The van der Waals surface area contributed by atoms with Crippen molar-refractivity contribution in [1.82, 2.24) is 4.90 Å². The first kappa shape index (κ1) is 21.2. The highest BCUT2D eigenvalue weighted by atomic mass is 79.9. The van der Waals surface area contributed by atoms with Gasteiger partial charge in [0.1, 0.15) is 12.4 Å². The van der Waals surface area contributed by atoms with Crippen LogP contribution in [0.1, 0.15) is 25.0 Å². The fourth-order valence-corrected chi connectivity index (χ4v) is 4.53. The highest BCUT2D eigenvalue weighted by molar-refractivity contribution is 9.10. The van der Waals surface area contributed by atoms with Gasteiger partial charge in [0.05, 0.1) is 9.38 Å². The third-order valence-electron chi connectivity index (χ3n) is 3.99. The highest BCUT2D eigenvalue weighted by Gasteiger charge is 2.36. The molecule has 0 spiro atoms. The van der Waals surface area contributed by atoms with Gasteiger partial charge >= 0.3 is 0 Å². The van der Waals surface area contributed by atoms with Gasteiger partial charge in [0, 0.05) is 21.7 Å². The summed E-state index contributed by atoms with van der Waals surface area (Å²) in [7, 11) is 0. The summed E-state index contributed by atoms with van der Waals surface area (Å²) in [6, 6.07) is 10.5. The number of halogens is 3. The van der Waals surface area contributed by atoms with Crippen molar-refractivity contribution in [3.05, 3.63) is 66.9 Å². The predicted octanol–water partition coefficient (Wildman–Crippen LogP) is 6.78. The van der Waals surface area contributed by atoms with Gasteiger partial charge in [-0.05, 0) is 77.4 Å². The summed E-state index contributed by atoms with van der Waals surface area (Å²) in [6.07, 6.45) is 1.71. The maximum atomic E-state index is 12.4. The molecule has 0 unspecified atom stereocenters. The Hall–Kier alpha value is -1.47. The predicted molar refractivity (Wildman–Crippen MR) is 118 cm³/mol. The minimum absolute atomic E-state index is 0.166. The van der Waals surface area contributed by atoms with Crippen molar-refractivity contribution in [2.75, 3.05) is 0 Å². The number of nitrogens with zero attached hydrogens (tertiary/aromatic N) is 1. The lowest BCUT2D eigenvalue weighted by molar-refractivity contribution is -0.123. The van der Waals surface area contributed by atoms with Crippen LogP contribution in [-0.4, -0.2) is 22.1 Å². The number of benzene rings is 2. The lowest BCUT2D eigenvalue weighted by atomic mass is 10.2. The SMILES string of the molecule is CC(C)N1C(=O)S/C(=C/c2ccc(OCc3ccc(Cl)cc3Cl)c(Br)c2)C1=O. The van der Waals surface area contributed by atoms with Crippen LogP contribution in [0, 0.1) is 0 Å². The zero-order chi connectivity index (χ0) is 20.4. The second-order valence-corrected chi connectivity index (χ2v) is 9.05. The van der Waals surface area contributed by atoms with Crippen molar-refractivity contribution in [3.8, 4) is 5.75 Å². The number of hydrogen-bond acceptors (Lipinski definition) is 4. The number of hydrogen-bond donors (Lipinski definition) is 0. The molecule has 0 N–H and O–H groups in total. The van der Waals surface area contributed by atoms with Crippen LogP contribution in [0.4, 0.5) is 4.79 Å². The van der Waals surface area contributed by atoms with E-state index in [4.69, 9.17) is 27.9 Å². The van der Waals surface area contributed by atoms with E-state index in [1.54, 1.807) is 24.3 Å². The van der Waals surface area contributed by atoms with E-state index in [0.717, 1.165) is 27.4 Å². The molecular formula is C20H16BrCl2NO3S. The van der Waals surface area contributed by atoms with Crippen LogP contribution in [-0.2, 0) is 11.4 Å². The number of carbonyl (C=O) groups is 2. The van der Waals surface area contributed by atoms with E-state index in [9.17, 15) is 9.59 Å². The maximum Gasteiger partial charge on any atom is 0.293 e. The van der Waals surface area contributed by atoms with E-state index in [-0.39, 0.29) is 17.2 Å². The molecule has 8 heteroatoms.